The van der Waals surface area contributed by atoms with Gasteiger partial charge in [-0.05, 0) is 18.6 Å². The summed E-state index contributed by atoms with van der Waals surface area (Å²) in [4.78, 5) is 10.6. The van der Waals surface area contributed by atoms with Crippen LogP contribution in [0.25, 0.3) is 0 Å². The Kier molecular flexibility index (Phi) is 3.96. The number of nitrogens with one attached hydrogen (secondary N) is 1. The highest BCUT2D eigenvalue weighted by molar-refractivity contribution is 5.75. The fraction of sp³-hybridized carbons (Fsp3) is 0.222. The summed E-state index contributed by atoms with van der Waals surface area (Å²) in [6.07, 6.45) is 3.27. The first-order valence-corrected chi connectivity index (χ1v) is 3.35. The van der Waals surface area contributed by atoms with Gasteiger partial charge in [0.05, 0.1) is 0 Å². The molecule has 0 radical (unpaired) electrons. The summed E-state index contributed by atoms with van der Waals surface area (Å²) in [7, 11) is 0. The Hall–Kier alpha value is -1.31. The molecule has 0 aromatic rings. The molecule has 0 spiro atoms. The van der Waals surface area contributed by atoms with E-state index in [1.807, 2.05) is 6.92 Å². The highest BCUT2D eigenvalue weighted by atomic mass is 16.1. The third kappa shape index (κ3) is 3.40. The fourth-order valence-electron chi connectivity index (χ4n) is 0.610. The Morgan fingerprint density at radius 1 is 1.27 bits per heavy atom. The van der Waals surface area contributed by atoms with Crippen LogP contribution in [0.5, 0.6) is 0 Å². The van der Waals surface area contributed by atoms with Gasteiger partial charge in [-0.15, -0.1) is 0 Å². The van der Waals surface area contributed by atoms with Gasteiger partial charge in [-0.1, -0.05) is 19.2 Å². The Morgan fingerprint density at radius 3 is 2.09 bits per heavy atom. The van der Waals surface area contributed by atoms with Crippen molar-refractivity contribution >= 4 is 5.91 Å². The minimum atomic E-state index is -0.0962. The summed E-state index contributed by atoms with van der Waals surface area (Å²) in [5, 5.41) is 2.63. The number of hydrogen-bond donors (Lipinski definition) is 1. The van der Waals surface area contributed by atoms with Crippen LogP contribution in [-0.2, 0) is 4.79 Å². The number of carbonyl (C=O) groups excluding carboxylic acids is 1. The topological polar surface area (TPSA) is 29.1 Å². The molecule has 2 heteroatoms. The number of rotatable bonds is 3. The van der Waals surface area contributed by atoms with Crippen molar-refractivity contribution in [2.24, 2.45) is 0 Å². The van der Waals surface area contributed by atoms with Crippen molar-refractivity contribution in [3.8, 4) is 0 Å². The lowest BCUT2D eigenvalue weighted by Crippen LogP contribution is -2.18. The molecule has 11 heavy (non-hydrogen) atoms. The maximum atomic E-state index is 10.6. The van der Waals surface area contributed by atoms with Gasteiger partial charge in [0, 0.05) is 12.6 Å². The van der Waals surface area contributed by atoms with Crippen molar-refractivity contribution < 1.29 is 4.79 Å². The Labute approximate surface area is 67.3 Å². The highest BCUT2D eigenvalue weighted by Crippen LogP contribution is 2.01. The molecular weight excluding hydrogens is 138 g/mol. The van der Waals surface area contributed by atoms with E-state index in [0.717, 1.165) is 5.57 Å². The molecule has 0 aliphatic carbocycles. The third-order valence-corrected chi connectivity index (χ3v) is 1.25. The Bertz CT molecular complexity index is 214. The van der Waals surface area contributed by atoms with Crippen LogP contribution in [0.2, 0.25) is 0 Å². The van der Waals surface area contributed by atoms with Crippen LogP contribution >= 0.6 is 0 Å². The van der Waals surface area contributed by atoms with Crippen LogP contribution in [-0.4, -0.2) is 5.91 Å². The molecule has 1 amide bonds. The molecule has 0 bridgehead atoms. The largest absolute Gasteiger partial charge is 0.326 e. The van der Waals surface area contributed by atoms with Crippen LogP contribution in [0.3, 0.4) is 0 Å². The van der Waals surface area contributed by atoms with E-state index in [4.69, 9.17) is 0 Å². The predicted molar refractivity (Wildman–Crippen MR) is 46.9 cm³/mol. The predicted octanol–water partition coefficient (Wildman–Crippen LogP) is 1.77. The first kappa shape index (κ1) is 9.69. The summed E-state index contributed by atoms with van der Waals surface area (Å²) in [5.41, 5.74) is 1.63. The zero-order valence-electron chi connectivity index (χ0n) is 6.98. The van der Waals surface area contributed by atoms with Gasteiger partial charge in [0.1, 0.15) is 0 Å². The standard InChI is InChI=1S/C9H13NO/c1-5-7(3)9(6-2)10-8(4)11/h5-6H,1-2H2,3-4H3,(H,10,11). The zero-order valence-corrected chi connectivity index (χ0v) is 6.98. The van der Waals surface area contributed by atoms with Gasteiger partial charge in [-0.2, -0.15) is 0 Å². The fourth-order valence-corrected chi connectivity index (χ4v) is 0.610. The SMILES string of the molecule is C=CC(C)=C(C=C)NC(C)=O. The van der Waals surface area contributed by atoms with E-state index in [9.17, 15) is 4.79 Å². The Balaban J connectivity index is 4.51. The summed E-state index contributed by atoms with van der Waals surface area (Å²) in [5.74, 6) is -0.0962. The quantitative estimate of drug-likeness (QED) is 0.612. The Morgan fingerprint density at radius 2 is 1.82 bits per heavy atom. The first-order chi connectivity index (χ1) is 5.11. The highest BCUT2D eigenvalue weighted by Gasteiger charge is 1.96. The van der Waals surface area contributed by atoms with E-state index in [-0.39, 0.29) is 5.91 Å². The lowest BCUT2D eigenvalue weighted by atomic mass is 10.2. The molecule has 0 aliphatic rings. The van der Waals surface area contributed by atoms with Gasteiger partial charge < -0.3 is 5.32 Å². The number of amides is 1. The maximum Gasteiger partial charge on any atom is 0.221 e. The van der Waals surface area contributed by atoms with Crippen molar-refractivity contribution in [3.63, 3.8) is 0 Å². The van der Waals surface area contributed by atoms with Gasteiger partial charge >= 0.3 is 0 Å². The average Bonchev–Trinajstić information content (AvgIpc) is 1.98. The van der Waals surface area contributed by atoms with E-state index in [1.54, 1.807) is 12.2 Å². The molecule has 0 saturated carbocycles. The normalized spacial score (nSPS) is 11.5. The van der Waals surface area contributed by atoms with Crippen LogP contribution in [0, 0.1) is 0 Å². The molecule has 60 valence electrons. The van der Waals surface area contributed by atoms with Crippen molar-refractivity contribution in [2.75, 3.05) is 0 Å². The second kappa shape index (κ2) is 4.50. The average molecular weight is 151 g/mol. The van der Waals surface area contributed by atoms with Crippen molar-refractivity contribution in [3.05, 3.63) is 36.6 Å². The smallest absolute Gasteiger partial charge is 0.221 e. The minimum Gasteiger partial charge on any atom is -0.326 e. The molecule has 0 aromatic heterocycles. The number of hydrogen-bond acceptors (Lipinski definition) is 1. The molecule has 0 fully saturated rings. The molecule has 0 aliphatic heterocycles. The van der Waals surface area contributed by atoms with Crippen molar-refractivity contribution in [2.45, 2.75) is 13.8 Å². The molecule has 0 atom stereocenters. The number of allylic oxidation sites excluding steroid dienone is 3. The molecule has 0 aromatic carbocycles. The summed E-state index contributed by atoms with van der Waals surface area (Å²) < 4.78 is 0. The van der Waals surface area contributed by atoms with E-state index in [1.165, 1.54) is 6.92 Å². The van der Waals surface area contributed by atoms with E-state index in [2.05, 4.69) is 18.5 Å². The number of carbonyl (C=O) groups is 1. The molecule has 0 heterocycles. The zero-order chi connectivity index (χ0) is 8.85. The van der Waals surface area contributed by atoms with Gasteiger partial charge in [-0.25, -0.2) is 0 Å². The van der Waals surface area contributed by atoms with Crippen LogP contribution in [0.15, 0.2) is 36.6 Å². The third-order valence-electron chi connectivity index (χ3n) is 1.25. The van der Waals surface area contributed by atoms with E-state index < -0.39 is 0 Å². The van der Waals surface area contributed by atoms with Crippen molar-refractivity contribution in [1.82, 2.24) is 5.32 Å². The summed E-state index contributed by atoms with van der Waals surface area (Å²) >= 11 is 0. The summed E-state index contributed by atoms with van der Waals surface area (Å²) in [6.45, 7) is 10.5. The monoisotopic (exact) mass is 151 g/mol. The second-order valence-corrected chi connectivity index (χ2v) is 2.19. The van der Waals surface area contributed by atoms with Crippen LogP contribution in [0.4, 0.5) is 0 Å². The van der Waals surface area contributed by atoms with Gasteiger partial charge in [-0.3, -0.25) is 4.79 Å². The minimum absolute atomic E-state index is 0.0962. The molecule has 0 rings (SSSR count). The molecule has 2 nitrogen and oxygen atoms in total. The van der Waals surface area contributed by atoms with Crippen LogP contribution < -0.4 is 5.32 Å². The lowest BCUT2D eigenvalue weighted by Gasteiger charge is -2.04. The maximum absolute atomic E-state index is 10.6. The molecular formula is C9H13NO. The summed E-state index contributed by atoms with van der Waals surface area (Å²) in [6, 6.07) is 0. The lowest BCUT2D eigenvalue weighted by molar-refractivity contribution is -0.118. The van der Waals surface area contributed by atoms with Crippen LogP contribution in [0.1, 0.15) is 13.8 Å². The first-order valence-electron chi connectivity index (χ1n) is 3.35. The molecule has 0 unspecified atom stereocenters. The van der Waals surface area contributed by atoms with Gasteiger partial charge in [0.15, 0.2) is 0 Å². The molecule has 0 saturated heterocycles. The van der Waals surface area contributed by atoms with E-state index in [0.29, 0.717) is 5.70 Å². The molecule has 1 N–H and O–H groups in total. The van der Waals surface area contributed by atoms with E-state index >= 15 is 0 Å². The van der Waals surface area contributed by atoms with Crippen molar-refractivity contribution in [1.29, 1.82) is 0 Å². The second-order valence-electron chi connectivity index (χ2n) is 2.19. The van der Waals surface area contributed by atoms with Gasteiger partial charge in [0.2, 0.25) is 5.91 Å². The van der Waals surface area contributed by atoms with Gasteiger partial charge in [0.25, 0.3) is 0 Å².